The van der Waals surface area contributed by atoms with Gasteiger partial charge in [-0.15, -0.1) is 0 Å². The predicted octanol–water partition coefficient (Wildman–Crippen LogP) is 3.07. The van der Waals surface area contributed by atoms with E-state index in [1.165, 1.54) is 12.1 Å². The third kappa shape index (κ3) is 2.55. The molecule has 4 rings (SSSR count). The second-order valence-corrected chi connectivity index (χ2v) is 6.57. The van der Waals surface area contributed by atoms with E-state index in [9.17, 15) is 9.18 Å². The minimum atomic E-state index is -0.278. The summed E-state index contributed by atoms with van der Waals surface area (Å²) >= 11 is 0. The average molecular weight is 314 g/mol. The normalized spacial score (nSPS) is 23.8. The minimum absolute atomic E-state index is 0.0364. The fourth-order valence-electron chi connectivity index (χ4n) is 3.66. The molecule has 1 aromatic carbocycles. The molecule has 2 aliphatic heterocycles. The van der Waals surface area contributed by atoms with E-state index in [1.54, 1.807) is 24.5 Å². The zero-order chi connectivity index (χ0) is 15.9. The minimum Gasteiger partial charge on any atom is -0.381 e. The molecule has 0 aliphatic carbocycles. The highest BCUT2D eigenvalue weighted by atomic mass is 19.1. The molecule has 120 valence electrons. The van der Waals surface area contributed by atoms with Crippen molar-refractivity contribution in [1.29, 1.82) is 0 Å². The van der Waals surface area contributed by atoms with Gasteiger partial charge in [-0.3, -0.25) is 4.79 Å². The highest BCUT2D eigenvalue weighted by molar-refractivity contribution is 6.01. The van der Waals surface area contributed by atoms with Gasteiger partial charge in [0.2, 0.25) is 0 Å². The molecule has 2 fully saturated rings. The van der Waals surface area contributed by atoms with Crippen molar-refractivity contribution < 1.29 is 13.9 Å². The number of rotatable bonds is 2. The Morgan fingerprint density at radius 1 is 1.22 bits per heavy atom. The molecule has 1 aromatic heterocycles. The molecular formula is C18H19FN2O2. The number of hydrogen-bond acceptors (Lipinski definition) is 2. The smallest absolute Gasteiger partial charge is 0.256 e. The van der Waals surface area contributed by atoms with Gasteiger partial charge in [-0.05, 0) is 30.5 Å². The number of aromatic amines is 1. The molecule has 2 aliphatic rings. The van der Waals surface area contributed by atoms with Crippen LogP contribution in [0.2, 0.25) is 0 Å². The van der Waals surface area contributed by atoms with Crippen molar-refractivity contribution in [1.82, 2.24) is 9.88 Å². The number of ether oxygens (including phenoxy) is 1. The van der Waals surface area contributed by atoms with Crippen LogP contribution in [0.25, 0.3) is 11.1 Å². The third-order valence-electron chi connectivity index (χ3n) is 5.04. The van der Waals surface area contributed by atoms with Crippen LogP contribution in [0.4, 0.5) is 4.39 Å². The van der Waals surface area contributed by atoms with Crippen LogP contribution in [-0.2, 0) is 4.74 Å². The molecule has 4 nitrogen and oxygen atoms in total. The highest BCUT2D eigenvalue weighted by Crippen LogP contribution is 2.39. The summed E-state index contributed by atoms with van der Waals surface area (Å²) in [5, 5.41) is 0. The number of carbonyl (C=O) groups excluding carboxylic acids is 1. The Morgan fingerprint density at radius 3 is 2.78 bits per heavy atom. The molecule has 0 saturated carbocycles. The Bertz CT molecular complexity index is 717. The van der Waals surface area contributed by atoms with Crippen LogP contribution in [0.3, 0.4) is 0 Å². The largest absolute Gasteiger partial charge is 0.381 e. The number of aromatic nitrogens is 1. The summed E-state index contributed by atoms with van der Waals surface area (Å²) in [5.74, 6) is -0.241. The summed E-state index contributed by atoms with van der Waals surface area (Å²) in [6, 6.07) is 6.23. The van der Waals surface area contributed by atoms with Gasteiger partial charge < -0.3 is 14.6 Å². The summed E-state index contributed by atoms with van der Waals surface area (Å²) in [5.41, 5.74) is 2.46. The summed E-state index contributed by atoms with van der Waals surface area (Å²) in [6.07, 6.45) is 5.58. The van der Waals surface area contributed by atoms with E-state index in [4.69, 9.17) is 4.74 Å². The summed E-state index contributed by atoms with van der Waals surface area (Å²) in [7, 11) is 0. The van der Waals surface area contributed by atoms with Crippen molar-refractivity contribution in [3.63, 3.8) is 0 Å². The van der Waals surface area contributed by atoms with E-state index in [0.29, 0.717) is 5.56 Å². The number of halogens is 1. The summed E-state index contributed by atoms with van der Waals surface area (Å²) in [6.45, 7) is 3.10. The number of H-pyrrole nitrogens is 1. The van der Waals surface area contributed by atoms with E-state index >= 15 is 0 Å². The number of nitrogens with one attached hydrogen (secondary N) is 1. The maximum atomic E-state index is 13.1. The van der Waals surface area contributed by atoms with Gasteiger partial charge in [-0.2, -0.15) is 0 Å². The quantitative estimate of drug-likeness (QED) is 0.926. The lowest BCUT2D eigenvalue weighted by Crippen LogP contribution is -2.32. The Morgan fingerprint density at radius 2 is 2.04 bits per heavy atom. The van der Waals surface area contributed by atoms with E-state index < -0.39 is 0 Å². The molecule has 1 amide bonds. The van der Waals surface area contributed by atoms with Gasteiger partial charge in [0.25, 0.3) is 5.91 Å². The lowest BCUT2D eigenvalue weighted by molar-refractivity contribution is 0.0766. The Balaban J connectivity index is 1.58. The first-order chi connectivity index (χ1) is 11.2. The molecule has 1 atom stereocenters. The van der Waals surface area contributed by atoms with Crippen molar-refractivity contribution in [2.45, 2.75) is 12.8 Å². The van der Waals surface area contributed by atoms with Crippen LogP contribution in [0, 0.1) is 11.2 Å². The molecular weight excluding hydrogens is 295 g/mol. The molecule has 2 aromatic rings. The molecule has 1 unspecified atom stereocenters. The molecule has 3 heterocycles. The van der Waals surface area contributed by atoms with E-state index in [1.807, 2.05) is 4.90 Å². The van der Waals surface area contributed by atoms with Crippen molar-refractivity contribution in [2.24, 2.45) is 5.41 Å². The van der Waals surface area contributed by atoms with Crippen molar-refractivity contribution in [2.75, 3.05) is 26.3 Å². The van der Waals surface area contributed by atoms with E-state index in [2.05, 4.69) is 4.98 Å². The van der Waals surface area contributed by atoms with Gasteiger partial charge >= 0.3 is 0 Å². The summed E-state index contributed by atoms with van der Waals surface area (Å²) in [4.78, 5) is 17.8. The molecule has 23 heavy (non-hydrogen) atoms. The lowest BCUT2D eigenvalue weighted by Gasteiger charge is -2.22. The first-order valence-electron chi connectivity index (χ1n) is 7.97. The predicted molar refractivity (Wildman–Crippen MR) is 84.6 cm³/mol. The maximum Gasteiger partial charge on any atom is 0.256 e. The maximum absolute atomic E-state index is 13.1. The van der Waals surface area contributed by atoms with Crippen LogP contribution >= 0.6 is 0 Å². The van der Waals surface area contributed by atoms with Crippen LogP contribution in [-0.4, -0.2) is 42.1 Å². The summed E-state index contributed by atoms with van der Waals surface area (Å²) < 4.78 is 18.6. The van der Waals surface area contributed by atoms with Gasteiger partial charge in [0.05, 0.1) is 12.2 Å². The molecule has 1 N–H and O–H groups in total. The van der Waals surface area contributed by atoms with Gasteiger partial charge in [-0.1, -0.05) is 12.1 Å². The molecule has 0 bridgehead atoms. The topological polar surface area (TPSA) is 45.3 Å². The molecule has 2 saturated heterocycles. The highest BCUT2D eigenvalue weighted by Gasteiger charge is 2.43. The second-order valence-electron chi connectivity index (χ2n) is 6.57. The number of amides is 1. The first kappa shape index (κ1) is 14.5. The monoisotopic (exact) mass is 314 g/mol. The van der Waals surface area contributed by atoms with Gasteiger partial charge in [0, 0.05) is 43.1 Å². The van der Waals surface area contributed by atoms with E-state index in [-0.39, 0.29) is 17.1 Å². The Hall–Kier alpha value is -2.14. The fourth-order valence-corrected chi connectivity index (χ4v) is 3.66. The van der Waals surface area contributed by atoms with E-state index in [0.717, 1.165) is 50.3 Å². The van der Waals surface area contributed by atoms with Gasteiger partial charge in [0.1, 0.15) is 5.82 Å². The first-order valence-corrected chi connectivity index (χ1v) is 7.97. The number of nitrogens with zero attached hydrogens (tertiary/aromatic N) is 1. The van der Waals surface area contributed by atoms with Crippen molar-refractivity contribution in [3.8, 4) is 11.1 Å². The Kier molecular flexibility index (Phi) is 3.45. The zero-order valence-corrected chi connectivity index (χ0v) is 12.8. The molecule has 1 spiro atoms. The molecule has 5 heteroatoms. The standard InChI is InChI=1S/C18H19FN2O2/c19-14-3-1-13(2-4-14)15-9-20-10-16(15)17(22)21-7-5-18(11-21)6-8-23-12-18/h1-4,9-10,20H,5-8,11-12H2. The Labute approximate surface area is 134 Å². The van der Waals surface area contributed by atoms with Crippen molar-refractivity contribution >= 4 is 5.91 Å². The van der Waals surface area contributed by atoms with Crippen LogP contribution in [0.5, 0.6) is 0 Å². The lowest BCUT2D eigenvalue weighted by atomic mass is 9.87. The number of carbonyl (C=O) groups is 1. The second kappa shape index (κ2) is 5.49. The SMILES string of the molecule is O=C(c1c[nH]cc1-c1ccc(F)cc1)N1CCC2(CCOC2)C1. The van der Waals surface area contributed by atoms with Crippen LogP contribution < -0.4 is 0 Å². The third-order valence-corrected chi connectivity index (χ3v) is 5.04. The zero-order valence-electron chi connectivity index (χ0n) is 12.8. The number of likely N-dealkylation sites (tertiary alicyclic amines) is 1. The van der Waals surface area contributed by atoms with Crippen LogP contribution in [0.1, 0.15) is 23.2 Å². The van der Waals surface area contributed by atoms with Gasteiger partial charge in [-0.25, -0.2) is 4.39 Å². The van der Waals surface area contributed by atoms with Crippen LogP contribution in [0.15, 0.2) is 36.7 Å². The number of hydrogen-bond donors (Lipinski definition) is 1. The average Bonchev–Trinajstić information content (AvgIpc) is 3.30. The number of benzene rings is 1. The van der Waals surface area contributed by atoms with Gasteiger partial charge in [0.15, 0.2) is 0 Å². The fraction of sp³-hybridized carbons (Fsp3) is 0.389. The molecule has 0 radical (unpaired) electrons. The van der Waals surface area contributed by atoms with Crippen molar-refractivity contribution in [3.05, 3.63) is 48.0 Å².